The normalized spacial score (nSPS) is 32.4. The molecule has 132 valence electrons. The molecule has 0 bridgehead atoms. The molecule has 0 radical (unpaired) electrons. The quantitative estimate of drug-likeness (QED) is 0.892. The monoisotopic (exact) mass is 330 g/mol. The summed E-state index contributed by atoms with van der Waals surface area (Å²) in [5, 5.41) is 3.15. The number of aryl methyl sites for hydroxylation is 1. The minimum absolute atomic E-state index is 0.0497. The third-order valence-corrected chi connectivity index (χ3v) is 6.30. The highest BCUT2D eigenvalue weighted by Gasteiger charge is 2.70. The highest BCUT2D eigenvalue weighted by molar-refractivity contribution is 5.89. The number of rotatable bonds is 4. The van der Waals surface area contributed by atoms with Crippen LogP contribution in [0, 0.1) is 11.3 Å². The van der Waals surface area contributed by atoms with Crippen molar-refractivity contribution in [2.24, 2.45) is 17.1 Å². The maximum absolute atomic E-state index is 13.0. The van der Waals surface area contributed by atoms with Gasteiger partial charge in [0.05, 0.1) is 12.1 Å². The van der Waals surface area contributed by atoms with E-state index in [1.54, 1.807) is 0 Å². The van der Waals surface area contributed by atoms with Gasteiger partial charge in [-0.25, -0.2) is 0 Å². The number of carbonyl (C=O) groups is 1. The topological polar surface area (TPSA) is 64.4 Å². The molecule has 4 nitrogen and oxygen atoms in total. The molecule has 2 aliphatic rings. The lowest BCUT2D eigenvalue weighted by Gasteiger charge is -2.65. The van der Waals surface area contributed by atoms with Crippen molar-refractivity contribution >= 4 is 5.91 Å². The van der Waals surface area contributed by atoms with Crippen molar-refractivity contribution in [3.63, 3.8) is 0 Å². The zero-order valence-electron chi connectivity index (χ0n) is 15.3. The Morgan fingerprint density at radius 2 is 2.04 bits per heavy atom. The lowest BCUT2D eigenvalue weighted by Crippen LogP contribution is -2.82. The molecule has 1 heterocycles. The van der Waals surface area contributed by atoms with Crippen LogP contribution >= 0.6 is 0 Å². The fourth-order valence-corrected chi connectivity index (χ4v) is 4.48. The molecule has 1 aliphatic heterocycles. The van der Waals surface area contributed by atoms with Crippen molar-refractivity contribution < 1.29 is 9.53 Å². The molecule has 4 unspecified atom stereocenters. The second kappa shape index (κ2) is 6.16. The molecule has 2 fully saturated rings. The summed E-state index contributed by atoms with van der Waals surface area (Å²) in [6, 6.07) is 8.36. The number of hydrogen-bond acceptors (Lipinski definition) is 3. The SMILES string of the molecule is CCc1ccc(C(C)NC(=O)C2(N)C3CCCOC3C2(C)C)cc1. The molecule has 1 aromatic carbocycles. The Hall–Kier alpha value is -1.39. The number of ether oxygens (including phenoxy) is 1. The summed E-state index contributed by atoms with van der Waals surface area (Å²) in [6.07, 6.45) is 3.07. The van der Waals surface area contributed by atoms with Crippen LogP contribution in [0.25, 0.3) is 0 Å². The molecule has 1 aromatic rings. The van der Waals surface area contributed by atoms with Crippen molar-refractivity contribution in [3.8, 4) is 0 Å². The van der Waals surface area contributed by atoms with E-state index in [1.165, 1.54) is 5.56 Å². The maximum Gasteiger partial charge on any atom is 0.241 e. The predicted molar refractivity (Wildman–Crippen MR) is 95.5 cm³/mol. The highest BCUT2D eigenvalue weighted by Crippen LogP contribution is 2.57. The van der Waals surface area contributed by atoms with Crippen LogP contribution in [-0.2, 0) is 16.0 Å². The van der Waals surface area contributed by atoms with E-state index in [2.05, 4.69) is 50.4 Å². The molecule has 4 heteroatoms. The molecule has 1 amide bonds. The number of nitrogens with one attached hydrogen (secondary N) is 1. The van der Waals surface area contributed by atoms with E-state index in [1.807, 2.05) is 6.92 Å². The fourth-order valence-electron chi connectivity index (χ4n) is 4.48. The molecule has 0 aromatic heterocycles. The first-order valence-corrected chi connectivity index (χ1v) is 9.12. The Morgan fingerprint density at radius 3 is 2.67 bits per heavy atom. The number of benzene rings is 1. The van der Waals surface area contributed by atoms with Gasteiger partial charge in [-0.1, -0.05) is 45.0 Å². The van der Waals surface area contributed by atoms with Gasteiger partial charge in [0.2, 0.25) is 5.91 Å². The zero-order valence-corrected chi connectivity index (χ0v) is 15.3. The second-order valence-corrected chi connectivity index (χ2v) is 7.92. The van der Waals surface area contributed by atoms with E-state index in [0.29, 0.717) is 0 Å². The summed E-state index contributed by atoms with van der Waals surface area (Å²) in [5.74, 6) is 0.0715. The molecule has 24 heavy (non-hydrogen) atoms. The minimum Gasteiger partial charge on any atom is -0.377 e. The van der Waals surface area contributed by atoms with Gasteiger partial charge in [0.25, 0.3) is 0 Å². The number of amides is 1. The maximum atomic E-state index is 13.0. The van der Waals surface area contributed by atoms with Crippen molar-refractivity contribution in [3.05, 3.63) is 35.4 Å². The Bertz CT molecular complexity index is 611. The summed E-state index contributed by atoms with van der Waals surface area (Å²) in [4.78, 5) is 13.0. The van der Waals surface area contributed by atoms with Crippen molar-refractivity contribution in [2.45, 2.75) is 64.6 Å². The van der Waals surface area contributed by atoms with E-state index in [4.69, 9.17) is 10.5 Å². The smallest absolute Gasteiger partial charge is 0.241 e. The first-order chi connectivity index (χ1) is 11.3. The van der Waals surface area contributed by atoms with Crippen molar-refractivity contribution in [2.75, 3.05) is 6.61 Å². The molecular weight excluding hydrogens is 300 g/mol. The average molecular weight is 330 g/mol. The molecular formula is C20H30N2O2. The van der Waals surface area contributed by atoms with Gasteiger partial charge < -0.3 is 15.8 Å². The van der Waals surface area contributed by atoms with Crippen LogP contribution in [0.5, 0.6) is 0 Å². The minimum atomic E-state index is -0.851. The second-order valence-electron chi connectivity index (χ2n) is 7.92. The first-order valence-electron chi connectivity index (χ1n) is 9.12. The number of fused-ring (bicyclic) bond motifs is 1. The van der Waals surface area contributed by atoms with Crippen LogP contribution < -0.4 is 11.1 Å². The largest absolute Gasteiger partial charge is 0.377 e. The Morgan fingerprint density at radius 1 is 1.38 bits per heavy atom. The molecule has 3 rings (SSSR count). The van der Waals surface area contributed by atoms with Gasteiger partial charge in [0, 0.05) is 17.9 Å². The van der Waals surface area contributed by atoms with Gasteiger partial charge in [0.1, 0.15) is 5.54 Å². The van der Waals surface area contributed by atoms with Gasteiger partial charge in [-0.15, -0.1) is 0 Å². The lowest BCUT2D eigenvalue weighted by molar-refractivity contribution is -0.225. The number of hydrogen-bond donors (Lipinski definition) is 2. The van der Waals surface area contributed by atoms with Crippen LogP contribution in [0.3, 0.4) is 0 Å². The summed E-state index contributed by atoms with van der Waals surface area (Å²) >= 11 is 0. The first kappa shape index (κ1) is 17.4. The van der Waals surface area contributed by atoms with E-state index in [-0.39, 0.29) is 29.4 Å². The summed E-state index contributed by atoms with van der Waals surface area (Å²) < 4.78 is 5.89. The van der Waals surface area contributed by atoms with Crippen LogP contribution in [0.1, 0.15) is 57.7 Å². The Labute approximate surface area is 145 Å². The molecule has 3 N–H and O–H groups in total. The lowest BCUT2D eigenvalue weighted by atomic mass is 9.46. The average Bonchev–Trinajstić information content (AvgIpc) is 2.60. The molecule has 1 aliphatic carbocycles. The molecule has 4 atom stereocenters. The van der Waals surface area contributed by atoms with Crippen molar-refractivity contribution in [1.82, 2.24) is 5.32 Å². The van der Waals surface area contributed by atoms with E-state index < -0.39 is 5.54 Å². The van der Waals surface area contributed by atoms with E-state index in [9.17, 15) is 4.79 Å². The third-order valence-electron chi connectivity index (χ3n) is 6.30. The number of nitrogens with two attached hydrogens (primary N) is 1. The molecule has 1 saturated carbocycles. The fraction of sp³-hybridized carbons (Fsp3) is 0.650. The Balaban J connectivity index is 1.73. The Kier molecular flexibility index (Phi) is 4.47. The van der Waals surface area contributed by atoms with Crippen molar-refractivity contribution in [1.29, 1.82) is 0 Å². The zero-order chi connectivity index (χ0) is 17.5. The van der Waals surface area contributed by atoms with E-state index in [0.717, 1.165) is 31.4 Å². The van der Waals surface area contributed by atoms with Crippen LogP contribution in [0.4, 0.5) is 0 Å². The number of carbonyl (C=O) groups excluding carboxylic acids is 1. The third kappa shape index (κ3) is 2.47. The molecule has 0 spiro atoms. The van der Waals surface area contributed by atoms with Gasteiger partial charge in [0.15, 0.2) is 0 Å². The van der Waals surface area contributed by atoms with Crippen LogP contribution in [0.15, 0.2) is 24.3 Å². The predicted octanol–water partition coefficient (Wildman–Crippen LogP) is 2.96. The molecule has 1 saturated heterocycles. The highest BCUT2D eigenvalue weighted by atomic mass is 16.5. The van der Waals surface area contributed by atoms with Gasteiger partial charge in [-0.2, -0.15) is 0 Å². The van der Waals surface area contributed by atoms with Gasteiger partial charge in [-0.05, 0) is 37.3 Å². The van der Waals surface area contributed by atoms with Crippen LogP contribution in [-0.4, -0.2) is 24.2 Å². The standard InChI is InChI=1S/C20H30N2O2/c1-5-14-8-10-15(11-9-14)13(2)22-18(23)20(21)16-7-6-12-24-17(16)19(20,3)4/h8-11,13,16-17H,5-7,12,21H2,1-4H3,(H,22,23). The van der Waals surface area contributed by atoms with Crippen LogP contribution in [0.2, 0.25) is 0 Å². The summed E-state index contributed by atoms with van der Waals surface area (Å²) in [7, 11) is 0. The summed E-state index contributed by atoms with van der Waals surface area (Å²) in [6.45, 7) is 9.05. The van der Waals surface area contributed by atoms with Gasteiger partial charge >= 0.3 is 0 Å². The summed E-state index contributed by atoms with van der Waals surface area (Å²) in [5.41, 5.74) is 7.88. The van der Waals surface area contributed by atoms with Gasteiger partial charge in [-0.3, -0.25) is 4.79 Å². The van der Waals surface area contributed by atoms with E-state index >= 15 is 0 Å².